The molecule has 0 saturated carbocycles. The molecule has 1 aliphatic carbocycles. The Morgan fingerprint density at radius 3 is 2.59 bits per heavy atom. The highest BCUT2D eigenvalue weighted by Crippen LogP contribution is 2.37. The van der Waals surface area contributed by atoms with Gasteiger partial charge in [-0.3, -0.25) is 14.9 Å². The smallest absolute Gasteiger partial charge is 0.341 e. The minimum Gasteiger partial charge on any atom is -0.484 e. The molecule has 1 N–H and O–H groups in total. The second kappa shape index (κ2) is 10.0. The lowest BCUT2D eigenvalue weighted by atomic mass is 9.89. The van der Waals surface area contributed by atoms with Crippen LogP contribution < -0.4 is 10.1 Å². The van der Waals surface area contributed by atoms with Crippen molar-refractivity contribution >= 4 is 33.9 Å². The molecule has 0 atom stereocenters. The number of aryl methyl sites for hydroxylation is 3. The molecule has 34 heavy (non-hydrogen) atoms. The fourth-order valence-electron chi connectivity index (χ4n) is 4.10. The molecule has 0 saturated heterocycles. The van der Waals surface area contributed by atoms with Gasteiger partial charge < -0.3 is 14.8 Å². The van der Waals surface area contributed by atoms with E-state index in [1.165, 1.54) is 54.2 Å². The van der Waals surface area contributed by atoms with Crippen LogP contribution in [0.3, 0.4) is 0 Å². The number of nitro benzene ring substituents is 1. The summed E-state index contributed by atoms with van der Waals surface area (Å²) in [6.07, 6.45) is 4.43. The molecule has 0 fully saturated rings. The van der Waals surface area contributed by atoms with Crippen LogP contribution in [0.5, 0.6) is 5.75 Å². The molecule has 0 bridgehead atoms. The van der Waals surface area contributed by atoms with Crippen LogP contribution in [0.25, 0.3) is 11.1 Å². The molecule has 3 aromatic rings. The van der Waals surface area contributed by atoms with Crippen molar-refractivity contribution in [3.05, 3.63) is 74.1 Å². The number of benzene rings is 2. The number of nitro groups is 1. The van der Waals surface area contributed by atoms with E-state index < -0.39 is 16.8 Å². The number of rotatable bonds is 7. The Morgan fingerprint density at radius 2 is 1.88 bits per heavy atom. The van der Waals surface area contributed by atoms with Crippen LogP contribution in [-0.2, 0) is 22.4 Å². The van der Waals surface area contributed by atoms with Crippen LogP contribution in [-0.4, -0.2) is 30.5 Å². The number of anilines is 1. The lowest BCUT2D eigenvalue weighted by Crippen LogP contribution is -2.21. The standard InChI is InChI=1S/C25H24N2O6S/c1-15-11-19(9-10-21(15)27(30)31)33-13-22(28)26-24-23(25(29)32-2)20(14-34-24)18-8-7-16-5-3-4-6-17(16)12-18/h7-12,14H,3-6,13H2,1-2H3,(H,26,28). The molecular weight excluding hydrogens is 456 g/mol. The average Bonchev–Trinajstić information content (AvgIpc) is 3.25. The monoisotopic (exact) mass is 480 g/mol. The summed E-state index contributed by atoms with van der Waals surface area (Å²) in [5, 5.41) is 15.9. The average molecular weight is 481 g/mol. The summed E-state index contributed by atoms with van der Waals surface area (Å²) < 4.78 is 10.5. The van der Waals surface area contributed by atoms with E-state index in [9.17, 15) is 19.7 Å². The van der Waals surface area contributed by atoms with Crippen LogP contribution in [0, 0.1) is 17.0 Å². The Morgan fingerprint density at radius 1 is 1.12 bits per heavy atom. The van der Waals surface area contributed by atoms with Gasteiger partial charge in [0.25, 0.3) is 11.6 Å². The summed E-state index contributed by atoms with van der Waals surface area (Å²) in [5.41, 5.74) is 4.99. The van der Waals surface area contributed by atoms with Gasteiger partial charge in [0.1, 0.15) is 16.3 Å². The van der Waals surface area contributed by atoms with Crippen molar-refractivity contribution in [3.8, 4) is 16.9 Å². The van der Waals surface area contributed by atoms with Crippen molar-refractivity contribution in [2.24, 2.45) is 0 Å². The van der Waals surface area contributed by atoms with Crippen molar-refractivity contribution < 1.29 is 24.0 Å². The molecular formula is C25H24N2O6S. The zero-order valence-electron chi connectivity index (χ0n) is 18.9. The zero-order chi connectivity index (χ0) is 24.2. The molecule has 9 heteroatoms. The van der Waals surface area contributed by atoms with E-state index in [0.29, 0.717) is 27.4 Å². The van der Waals surface area contributed by atoms with Crippen LogP contribution in [0.2, 0.25) is 0 Å². The van der Waals surface area contributed by atoms with Gasteiger partial charge in [0.05, 0.1) is 12.0 Å². The van der Waals surface area contributed by atoms with Gasteiger partial charge in [0.2, 0.25) is 0 Å². The third-order valence-electron chi connectivity index (χ3n) is 5.83. The van der Waals surface area contributed by atoms with Crippen LogP contribution in [0.1, 0.15) is 39.9 Å². The summed E-state index contributed by atoms with van der Waals surface area (Å²) in [6.45, 7) is 1.28. The number of carbonyl (C=O) groups is 2. The fraction of sp³-hybridized carbons (Fsp3) is 0.280. The Labute approximate surface area is 200 Å². The number of amides is 1. The number of carbonyl (C=O) groups excluding carboxylic acids is 2. The van der Waals surface area contributed by atoms with E-state index in [2.05, 4.69) is 17.4 Å². The van der Waals surface area contributed by atoms with Crippen LogP contribution in [0.4, 0.5) is 10.7 Å². The van der Waals surface area contributed by atoms with E-state index in [0.717, 1.165) is 24.8 Å². The van der Waals surface area contributed by atoms with Crippen molar-refractivity contribution in [1.82, 2.24) is 0 Å². The molecule has 4 rings (SSSR count). The van der Waals surface area contributed by atoms with Gasteiger partial charge in [-0.15, -0.1) is 11.3 Å². The summed E-state index contributed by atoms with van der Waals surface area (Å²) in [4.78, 5) is 35.6. The lowest BCUT2D eigenvalue weighted by Gasteiger charge is -2.16. The summed E-state index contributed by atoms with van der Waals surface area (Å²) in [5.74, 6) is -0.649. The molecule has 1 aromatic heterocycles. The lowest BCUT2D eigenvalue weighted by molar-refractivity contribution is -0.385. The van der Waals surface area contributed by atoms with Gasteiger partial charge in [0.15, 0.2) is 6.61 Å². The Balaban J connectivity index is 1.51. The highest BCUT2D eigenvalue weighted by Gasteiger charge is 2.23. The van der Waals surface area contributed by atoms with Gasteiger partial charge in [-0.1, -0.05) is 18.2 Å². The number of hydrogen-bond donors (Lipinski definition) is 1. The van der Waals surface area contributed by atoms with Crippen LogP contribution >= 0.6 is 11.3 Å². The maximum Gasteiger partial charge on any atom is 0.341 e. The van der Waals surface area contributed by atoms with E-state index in [1.807, 2.05) is 11.4 Å². The summed E-state index contributed by atoms with van der Waals surface area (Å²) in [7, 11) is 1.31. The minimum absolute atomic E-state index is 0.0205. The first-order valence-electron chi connectivity index (χ1n) is 10.9. The fourth-order valence-corrected chi connectivity index (χ4v) is 5.08. The molecule has 176 valence electrons. The third kappa shape index (κ3) is 4.94. The molecule has 0 unspecified atom stereocenters. The van der Waals surface area contributed by atoms with Crippen molar-refractivity contribution in [1.29, 1.82) is 0 Å². The van der Waals surface area contributed by atoms with Crippen molar-refractivity contribution in [2.75, 3.05) is 19.0 Å². The summed E-state index contributed by atoms with van der Waals surface area (Å²) in [6, 6.07) is 10.5. The van der Waals surface area contributed by atoms with Gasteiger partial charge in [-0.25, -0.2) is 4.79 Å². The van der Waals surface area contributed by atoms with E-state index in [4.69, 9.17) is 9.47 Å². The van der Waals surface area contributed by atoms with Gasteiger partial charge in [-0.05, 0) is 61.4 Å². The molecule has 8 nitrogen and oxygen atoms in total. The predicted molar refractivity (Wildman–Crippen MR) is 130 cm³/mol. The number of methoxy groups -OCH3 is 1. The number of hydrogen-bond acceptors (Lipinski definition) is 7. The van der Waals surface area contributed by atoms with E-state index in [1.54, 1.807) is 6.92 Å². The quantitative estimate of drug-likeness (QED) is 0.279. The first-order valence-corrected chi connectivity index (χ1v) is 11.7. The highest BCUT2D eigenvalue weighted by atomic mass is 32.1. The van der Waals surface area contributed by atoms with Crippen molar-refractivity contribution in [3.63, 3.8) is 0 Å². The topological polar surface area (TPSA) is 108 Å². The number of ether oxygens (including phenoxy) is 2. The number of fused-ring (bicyclic) bond motifs is 1. The summed E-state index contributed by atoms with van der Waals surface area (Å²) >= 11 is 1.25. The first kappa shape index (κ1) is 23.4. The first-order chi connectivity index (χ1) is 16.4. The van der Waals surface area contributed by atoms with Crippen molar-refractivity contribution in [2.45, 2.75) is 32.6 Å². The maximum absolute atomic E-state index is 12.6. The number of thiophene rings is 1. The highest BCUT2D eigenvalue weighted by molar-refractivity contribution is 7.15. The number of nitrogens with zero attached hydrogens (tertiary/aromatic N) is 1. The SMILES string of the molecule is COC(=O)c1c(-c2ccc3c(c2)CCCC3)csc1NC(=O)COc1ccc([N+](=O)[O-])c(C)c1. The maximum atomic E-state index is 12.6. The largest absolute Gasteiger partial charge is 0.484 e. The molecule has 0 radical (unpaired) electrons. The number of nitrogens with one attached hydrogen (secondary N) is 1. The Bertz CT molecular complexity index is 1270. The molecule has 1 aliphatic rings. The predicted octanol–water partition coefficient (Wildman–Crippen LogP) is 5.31. The van der Waals surface area contributed by atoms with Gasteiger partial charge in [-0.2, -0.15) is 0 Å². The number of esters is 1. The van der Waals surface area contributed by atoms with E-state index >= 15 is 0 Å². The second-order valence-electron chi connectivity index (χ2n) is 8.08. The molecule has 1 heterocycles. The molecule has 1 amide bonds. The Hall–Kier alpha value is -3.72. The molecule has 0 aliphatic heterocycles. The van der Waals surface area contributed by atoms with Gasteiger partial charge in [0, 0.05) is 22.6 Å². The second-order valence-corrected chi connectivity index (χ2v) is 8.96. The zero-order valence-corrected chi connectivity index (χ0v) is 19.7. The molecule has 0 spiro atoms. The normalized spacial score (nSPS) is 12.5. The third-order valence-corrected chi connectivity index (χ3v) is 6.72. The van der Waals surface area contributed by atoms with Gasteiger partial charge >= 0.3 is 5.97 Å². The van der Waals surface area contributed by atoms with E-state index in [-0.39, 0.29) is 12.3 Å². The minimum atomic E-state index is -0.531. The van der Waals surface area contributed by atoms with Crippen LogP contribution in [0.15, 0.2) is 41.8 Å². The molecule has 2 aromatic carbocycles. The Kier molecular flexibility index (Phi) is 6.93.